The SMILES string of the molecule is O=C(O)C[C@H](O)C(=O)NCc1ccc(C2(C(F)(F)F)N=N2)cc1. The van der Waals surface area contributed by atoms with E-state index in [1.807, 2.05) is 0 Å². The highest BCUT2D eigenvalue weighted by atomic mass is 19.4. The van der Waals surface area contributed by atoms with Gasteiger partial charge in [0.15, 0.2) is 0 Å². The Bertz CT molecular complexity index is 637. The van der Waals surface area contributed by atoms with Gasteiger partial charge in [-0.25, -0.2) is 0 Å². The number of aliphatic carboxylic acids is 1. The van der Waals surface area contributed by atoms with E-state index >= 15 is 0 Å². The highest BCUT2D eigenvalue weighted by Crippen LogP contribution is 2.52. The standard InChI is InChI=1S/C13H12F3N3O4/c14-13(15,16)12(18-19-12)8-3-1-7(2-4-8)6-17-11(23)9(20)5-10(21)22/h1-4,9,20H,5-6H2,(H,17,23)(H,21,22)/t9-/m0/s1. The molecule has 23 heavy (non-hydrogen) atoms. The number of benzene rings is 1. The molecule has 1 atom stereocenters. The molecule has 1 aromatic rings. The van der Waals surface area contributed by atoms with Crippen molar-refractivity contribution in [3.05, 3.63) is 35.4 Å². The highest BCUT2D eigenvalue weighted by Gasteiger charge is 2.65. The molecule has 0 saturated heterocycles. The molecule has 0 fully saturated rings. The average molecular weight is 331 g/mol. The number of carbonyl (C=O) groups is 2. The molecule has 10 heteroatoms. The molecule has 124 valence electrons. The number of hydrogen-bond donors (Lipinski definition) is 3. The summed E-state index contributed by atoms with van der Waals surface area (Å²) in [6.45, 7) is -0.0664. The minimum atomic E-state index is -4.61. The Balaban J connectivity index is 1.94. The van der Waals surface area contributed by atoms with Gasteiger partial charge < -0.3 is 15.5 Å². The van der Waals surface area contributed by atoms with E-state index in [2.05, 4.69) is 15.5 Å². The van der Waals surface area contributed by atoms with Crippen LogP contribution in [0, 0.1) is 0 Å². The molecule has 0 radical (unpaired) electrons. The van der Waals surface area contributed by atoms with Gasteiger partial charge >= 0.3 is 17.8 Å². The molecule has 0 saturated carbocycles. The van der Waals surface area contributed by atoms with E-state index in [0.717, 1.165) is 0 Å². The Morgan fingerprint density at radius 3 is 2.22 bits per heavy atom. The second kappa shape index (κ2) is 5.95. The Morgan fingerprint density at radius 2 is 1.78 bits per heavy atom. The Labute approximate surface area is 127 Å². The summed E-state index contributed by atoms with van der Waals surface area (Å²) in [7, 11) is 0. The van der Waals surface area contributed by atoms with Crippen molar-refractivity contribution in [2.24, 2.45) is 10.2 Å². The summed E-state index contributed by atoms with van der Waals surface area (Å²) in [5, 5.41) is 26.1. The van der Waals surface area contributed by atoms with E-state index in [1.165, 1.54) is 24.3 Å². The molecule has 0 aromatic heterocycles. The molecule has 1 aromatic carbocycles. The minimum absolute atomic E-state index is 0.0664. The molecule has 0 spiro atoms. The number of carboxylic acid groups (broad SMARTS) is 1. The number of aliphatic hydroxyl groups excluding tert-OH is 1. The van der Waals surface area contributed by atoms with Gasteiger partial charge in [0.05, 0.1) is 6.42 Å². The summed E-state index contributed by atoms with van der Waals surface area (Å²) in [5.41, 5.74) is -2.15. The fourth-order valence-electron chi connectivity index (χ4n) is 1.86. The molecule has 1 heterocycles. The van der Waals surface area contributed by atoms with Gasteiger partial charge in [-0.05, 0) is 5.56 Å². The van der Waals surface area contributed by atoms with Crippen molar-refractivity contribution in [2.45, 2.75) is 30.9 Å². The number of carbonyl (C=O) groups excluding carboxylic acids is 1. The van der Waals surface area contributed by atoms with Gasteiger partial charge in [-0.2, -0.15) is 13.2 Å². The number of alkyl halides is 3. The largest absolute Gasteiger partial charge is 0.481 e. The van der Waals surface area contributed by atoms with Crippen LogP contribution in [0.3, 0.4) is 0 Å². The van der Waals surface area contributed by atoms with Crippen LogP contribution >= 0.6 is 0 Å². The molecule has 7 nitrogen and oxygen atoms in total. The third-order valence-corrected chi connectivity index (χ3v) is 3.19. The first kappa shape index (κ1) is 16.9. The van der Waals surface area contributed by atoms with Crippen LogP contribution in [0.2, 0.25) is 0 Å². The van der Waals surface area contributed by atoms with Gasteiger partial charge in [-0.3, -0.25) is 9.59 Å². The molecular formula is C13H12F3N3O4. The van der Waals surface area contributed by atoms with Crippen molar-refractivity contribution in [1.82, 2.24) is 5.32 Å². The summed E-state index contributed by atoms with van der Waals surface area (Å²) in [5.74, 6) is -2.21. The summed E-state index contributed by atoms with van der Waals surface area (Å²) < 4.78 is 38.4. The number of aliphatic hydroxyl groups is 1. The number of halogens is 3. The lowest BCUT2D eigenvalue weighted by Crippen LogP contribution is -2.35. The lowest BCUT2D eigenvalue weighted by Gasteiger charge is -2.15. The zero-order valence-corrected chi connectivity index (χ0v) is 11.5. The van der Waals surface area contributed by atoms with Crippen molar-refractivity contribution < 1.29 is 33.0 Å². The van der Waals surface area contributed by atoms with Gasteiger partial charge in [-0.15, -0.1) is 10.2 Å². The van der Waals surface area contributed by atoms with E-state index < -0.39 is 36.2 Å². The molecule has 1 aliphatic rings. The van der Waals surface area contributed by atoms with E-state index in [1.54, 1.807) is 0 Å². The molecule has 0 unspecified atom stereocenters. The molecule has 3 N–H and O–H groups in total. The first-order chi connectivity index (χ1) is 10.7. The monoisotopic (exact) mass is 331 g/mol. The summed E-state index contributed by atoms with van der Waals surface area (Å²) in [6.07, 6.45) is -7.03. The quantitative estimate of drug-likeness (QED) is 0.730. The van der Waals surface area contributed by atoms with Crippen LogP contribution in [0.5, 0.6) is 0 Å². The van der Waals surface area contributed by atoms with E-state index in [0.29, 0.717) is 5.56 Å². The van der Waals surface area contributed by atoms with Crippen LogP contribution in [0.1, 0.15) is 17.5 Å². The normalized spacial score (nSPS) is 16.7. The maximum Gasteiger partial charge on any atom is 0.442 e. The van der Waals surface area contributed by atoms with Crippen LogP contribution in [0.4, 0.5) is 13.2 Å². The number of nitrogens with zero attached hydrogens (tertiary/aromatic N) is 2. The lowest BCUT2D eigenvalue weighted by atomic mass is 10.0. The zero-order valence-electron chi connectivity index (χ0n) is 11.5. The van der Waals surface area contributed by atoms with E-state index in [4.69, 9.17) is 5.11 Å². The third-order valence-electron chi connectivity index (χ3n) is 3.19. The molecule has 1 aliphatic heterocycles. The molecule has 0 aliphatic carbocycles. The smallest absolute Gasteiger partial charge is 0.442 e. The number of rotatable bonds is 6. The maximum absolute atomic E-state index is 12.8. The van der Waals surface area contributed by atoms with Crippen LogP contribution < -0.4 is 5.32 Å². The number of amides is 1. The van der Waals surface area contributed by atoms with Crippen LogP contribution in [-0.4, -0.2) is 34.4 Å². The molecular weight excluding hydrogens is 319 g/mol. The van der Waals surface area contributed by atoms with Gasteiger partial charge in [-0.1, -0.05) is 24.3 Å². The first-order valence-electron chi connectivity index (χ1n) is 6.43. The summed E-state index contributed by atoms with van der Waals surface area (Å²) in [6, 6.07) is 5.11. The van der Waals surface area contributed by atoms with Gasteiger partial charge in [0.2, 0.25) is 5.91 Å². The summed E-state index contributed by atoms with van der Waals surface area (Å²) >= 11 is 0. The number of carboxylic acids is 1. The second-order valence-electron chi connectivity index (χ2n) is 4.90. The third kappa shape index (κ3) is 3.65. The Kier molecular flexibility index (Phi) is 4.37. The zero-order chi connectivity index (χ0) is 17.3. The first-order valence-corrected chi connectivity index (χ1v) is 6.43. The Hall–Kier alpha value is -2.49. The maximum atomic E-state index is 12.8. The molecule has 0 bridgehead atoms. The topological polar surface area (TPSA) is 111 Å². The van der Waals surface area contributed by atoms with Crippen molar-refractivity contribution in [2.75, 3.05) is 0 Å². The van der Waals surface area contributed by atoms with Crippen molar-refractivity contribution in [3.63, 3.8) is 0 Å². The Morgan fingerprint density at radius 1 is 1.22 bits per heavy atom. The fourth-order valence-corrected chi connectivity index (χ4v) is 1.86. The average Bonchev–Trinajstić information content (AvgIpc) is 3.25. The summed E-state index contributed by atoms with van der Waals surface area (Å²) in [4.78, 5) is 21.8. The van der Waals surface area contributed by atoms with Gasteiger partial charge in [0.25, 0.3) is 0 Å². The van der Waals surface area contributed by atoms with Crippen LogP contribution in [-0.2, 0) is 21.8 Å². The number of nitrogens with one attached hydrogen (secondary N) is 1. The van der Waals surface area contributed by atoms with E-state index in [9.17, 15) is 27.9 Å². The van der Waals surface area contributed by atoms with Crippen molar-refractivity contribution >= 4 is 11.9 Å². The predicted molar refractivity (Wildman–Crippen MR) is 69.1 cm³/mol. The van der Waals surface area contributed by atoms with Gasteiger partial charge in [0.1, 0.15) is 6.10 Å². The van der Waals surface area contributed by atoms with E-state index in [-0.39, 0.29) is 12.1 Å². The minimum Gasteiger partial charge on any atom is -0.481 e. The van der Waals surface area contributed by atoms with Crippen LogP contribution in [0.15, 0.2) is 34.5 Å². The lowest BCUT2D eigenvalue weighted by molar-refractivity contribution is -0.166. The van der Waals surface area contributed by atoms with Crippen molar-refractivity contribution in [3.8, 4) is 0 Å². The highest BCUT2D eigenvalue weighted by molar-refractivity contribution is 5.84. The van der Waals surface area contributed by atoms with Crippen molar-refractivity contribution in [1.29, 1.82) is 0 Å². The number of hydrogen-bond acceptors (Lipinski definition) is 5. The second-order valence-corrected chi connectivity index (χ2v) is 4.90. The van der Waals surface area contributed by atoms with Crippen LogP contribution in [0.25, 0.3) is 0 Å². The fraction of sp³-hybridized carbons (Fsp3) is 0.385. The predicted octanol–water partition coefficient (Wildman–Crippen LogP) is 1.32. The molecule has 1 amide bonds. The van der Waals surface area contributed by atoms with Gasteiger partial charge in [0, 0.05) is 12.1 Å². The molecule has 2 rings (SSSR count).